The van der Waals surface area contributed by atoms with Crippen molar-refractivity contribution in [1.82, 2.24) is 15.3 Å². The van der Waals surface area contributed by atoms with E-state index in [0.717, 1.165) is 40.1 Å². The molecule has 6 heteroatoms. The molecule has 0 aliphatic carbocycles. The van der Waals surface area contributed by atoms with E-state index in [4.69, 9.17) is 9.97 Å². The lowest BCUT2D eigenvalue weighted by atomic mass is 10.1. The minimum atomic E-state index is -0.0494. The third-order valence-corrected chi connectivity index (χ3v) is 6.26. The topological polar surface area (TPSA) is 58.1 Å². The molecule has 0 saturated carbocycles. The Balaban J connectivity index is 1.55. The first-order valence-electron chi connectivity index (χ1n) is 11.3. The van der Waals surface area contributed by atoms with Crippen LogP contribution >= 0.6 is 11.8 Å². The maximum atomic E-state index is 12.0. The van der Waals surface area contributed by atoms with Crippen molar-refractivity contribution in [2.24, 2.45) is 0 Å². The average Bonchev–Trinajstić information content (AvgIpc) is 2.89. The number of nitrogens with one attached hydrogen (secondary N) is 1. The number of nitrogens with zero attached hydrogens (tertiary/aromatic N) is 3. The van der Waals surface area contributed by atoms with Crippen LogP contribution in [0.5, 0.6) is 0 Å². The summed E-state index contributed by atoms with van der Waals surface area (Å²) >= 11 is 1.60. The van der Waals surface area contributed by atoms with Crippen molar-refractivity contribution in [3.63, 3.8) is 0 Å². The smallest absolute Gasteiger partial charge is 0.251 e. The predicted octanol–water partition coefficient (Wildman–Crippen LogP) is 5.82. The van der Waals surface area contributed by atoms with Gasteiger partial charge in [-0.2, -0.15) is 0 Å². The number of hydrogen-bond acceptors (Lipinski definition) is 5. The van der Waals surface area contributed by atoms with E-state index in [1.807, 2.05) is 61.5 Å². The molecule has 1 N–H and O–H groups in total. The summed E-state index contributed by atoms with van der Waals surface area (Å²) in [5.74, 6) is 1.55. The first kappa shape index (κ1) is 23.5. The standard InChI is InChI=1S/C28H28N4OS/c1-3-29-27(33)24-16-14-22(15-17-24)20-34-28-30-25(23-12-8-5-9-13-23)18-26(31-28)32(2)19-21-10-6-4-7-11-21/h4-18H,3,19-20H2,1-2H3,(H,29,33). The Morgan fingerprint density at radius 2 is 1.56 bits per heavy atom. The molecule has 0 radical (unpaired) electrons. The van der Waals surface area contributed by atoms with Crippen molar-refractivity contribution >= 4 is 23.5 Å². The number of carbonyl (C=O) groups excluding carboxylic acids is 1. The third-order valence-electron chi connectivity index (χ3n) is 5.34. The van der Waals surface area contributed by atoms with Crippen LogP contribution in [-0.2, 0) is 12.3 Å². The molecule has 1 amide bonds. The number of benzene rings is 3. The molecule has 0 saturated heterocycles. The summed E-state index contributed by atoms with van der Waals surface area (Å²) in [4.78, 5) is 23.8. The molecule has 0 fully saturated rings. The van der Waals surface area contributed by atoms with Crippen molar-refractivity contribution in [2.75, 3.05) is 18.5 Å². The summed E-state index contributed by atoms with van der Waals surface area (Å²) in [6.07, 6.45) is 0. The van der Waals surface area contributed by atoms with Crippen LogP contribution in [0.25, 0.3) is 11.3 Å². The SMILES string of the molecule is CCNC(=O)c1ccc(CSc2nc(-c3ccccc3)cc(N(C)Cc3ccccc3)n2)cc1. The molecule has 4 aromatic rings. The van der Waals surface area contributed by atoms with Crippen LogP contribution in [0, 0.1) is 0 Å². The highest BCUT2D eigenvalue weighted by Gasteiger charge is 2.12. The zero-order chi connectivity index (χ0) is 23.8. The Labute approximate surface area is 205 Å². The number of rotatable bonds is 9. The fourth-order valence-corrected chi connectivity index (χ4v) is 4.34. The predicted molar refractivity (Wildman–Crippen MR) is 140 cm³/mol. The van der Waals surface area contributed by atoms with Gasteiger partial charge < -0.3 is 10.2 Å². The molecular formula is C28H28N4OS. The number of thioether (sulfide) groups is 1. The summed E-state index contributed by atoms with van der Waals surface area (Å²) in [6, 6.07) is 30.3. The lowest BCUT2D eigenvalue weighted by Crippen LogP contribution is -2.22. The van der Waals surface area contributed by atoms with Crippen molar-refractivity contribution in [2.45, 2.75) is 24.4 Å². The Kier molecular flexibility index (Phi) is 7.94. The van der Waals surface area contributed by atoms with Gasteiger partial charge in [0.1, 0.15) is 5.82 Å². The van der Waals surface area contributed by atoms with Crippen LogP contribution < -0.4 is 10.2 Å². The molecule has 3 aromatic carbocycles. The number of hydrogen-bond donors (Lipinski definition) is 1. The van der Waals surface area contributed by atoms with Crippen LogP contribution in [0.2, 0.25) is 0 Å². The average molecular weight is 469 g/mol. The molecule has 34 heavy (non-hydrogen) atoms. The summed E-state index contributed by atoms with van der Waals surface area (Å²) in [5.41, 5.74) is 4.98. The maximum absolute atomic E-state index is 12.0. The van der Waals surface area contributed by atoms with Gasteiger partial charge in [-0.15, -0.1) is 0 Å². The van der Waals surface area contributed by atoms with Crippen LogP contribution in [-0.4, -0.2) is 29.5 Å². The summed E-state index contributed by atoms with van der Waals surface area (Å²) < 4.78 is 0. The second-order valence-electron chi connectivity index (χ2n) is 7.95. The Morgan fingerprint density at radius 3 is 2.24 bits per heavy atom. The largest absolute Gasteiger partial charge is 0.355 e. The van der Waals surface area contributed by atoms with Crippen molar-refractivity contribution in [3.05, 3.63) is 108 Å². The Bertz CT molecular complexity index is 1210. The lowest BCUT2D eigenvalue weighted by Gasteiger charge is -2.20. The van der Waals surface area contributed by atoms with Gasteiger partial charge in [0, 0.05) is 43.1 Å². The molecule has 1 heterocycles. The summed E-state index contributed by atoms with van der Waals surface area (Å²) in [5, 5.41) is 3.55. The molecule has 0 unspecified atom stereocenters. The molecular weight excluding hydrogens is 440 g/mol. The Hall–Kier alpha value is -3.64. The molecule has 0 aliphatic heterocycles. The van der Waals surface area contributed by atoms with E-state index in [1.54, 1.807) is 11.8 Å². The van der Waals surface area contributed by atoms with Crippen molar-refractivity contribution in [3.8, 4) is 11.3 Å². The van der Waals surface area contributed by atoms with Crippen molar-refractivity contribution < 1.29 is 4.79 Å². The highest BCUT2D eigenvalue weighted by atomic mass is 32.2. The third kappa shape index (κ3) is 6.23. The van der Waals surface area contributed by atoms with Gasteiger partial charge in [0.2, 0.25) is 0 Å². The molecule has 5 nitrogen and oxygen atoms in total. The zero-order valence-electron chi connectivity index (χ0n) is 19.4. The summed E-state index contributed by atoms with van der Waals surface area (Å²) in [6.45, 7) is 3.29. The van der Waals surface area contributed by atoms with Crippen molar-refractivity contribution in [1.29, 1.82) is 0 Å². The van der Waals surface area contributed by atoms with Gasteiger partial charge in [-0.05, 0) is 30.2 Å². The second-order valence-corrected chi connectivity index (χ2v) is 8.89. The van der Waals surface area contributed by atoms with Crippen LogP contribution in [0.3, 0.4) is 0 Å². The molecule has 0 spiro atoms. The van der Waals surface area contributed by atoms with Crippen LogP contribution in [0.15, 0.2) is 96.2 Å². The van der Waals surface area contributed by atoms with E-state index < -0.39 is 0 Å². The minimum absolute atomic E-state index is 0.0494. The number of carbonyl (C=O) groups is 1. The molecule has 172 valence electrons. The van der Waals surface area contributed by atoms with Gasteiger partial charge in [0.15, 0.2) is 5.16 Å². The Morgan fingerprint density at radius 1 is 0.882 bits per heavy atom. The minimum Gasteiger partial charge on any atom is -0.355 e. The van der Waals surface area contributed by atoms with Gasteiger partial charge in [-0.25, -0.2) is 9.97 Å². The highest BCUT2D eigenvalue weighted by molar-refractivity contribution is 7.98. The number of amides is 1. The van der Waals surface area contributed by atoms with E-state index in [9.17, 15) is 4.79 Å². The van der Waals surface area contributed by atoms with E-state index in [-0.39, 0.29) is 5.91 Å². The quantitative estimate of drug-likeness (QED) is 0.248. The number of anilines is 1. The lowest BCUT2D eigenvalue weighted by molar-refractivity contribution is 0.0956. The van der Waals surface area contributed by atoms with Gasteiger partial charge >= 0.3 is 0 Å². The molecule has 4 rings (SSSR count). The van der Waals surface area contributed by atoms with E-state index in [1.165, 1.54) is 5.56 Å². The van der Waals surface area contributed by atoms with Gasteiger partial charge in [0.25, 0.3) is 5.91 Å². The molecule has 1 aromatic heterocycles. The molecule has 0 aliphatic rings. The maximum Gasteiger partial charge on any atom is 0.251 e. The van der Waals surface area contributed by atoms with E-state index in [0.29, 0.717) is 12.1 Å². The monoisotopic (exact) mass is 468 g/mol. The van der Waals surface area contributed by atoms with Gasteiger partial charge in [0.05, 0.1) is 5.69 Å². The highest BCUT2D eigenvalue weighted by Crippen LogP contribution is 2.27. The second kappa shape index (κ2) is 11.5. The first-order chi connectivity index (χ1) is 16.6. The van der Waals surface area contributed by atoms with Gasteiger partial charge in [-0.1, -0.05) is 84.6 Å². The normalized spacial score (nSPS) is 10.6. The van der Waals surface area contributed by atoms with Crippen LogP contribution in [0.4, 0.5) is 5.82 Å². The van der Waals surface area contributed by atoms with Crippen LogP contribution in [0.1, 0.15) is 28.4 Å². The fourth-order valence-electron chi connectivity index (χ4n) is 3.53. The first-order valence-corrected chi connectivity index (χ1v) is 12.3. The summed E-state index contributed by atoms with van der Waals surface area (Å²) in [7, 11) is 2.05. The molecule has 0 atom stereocenters. The molecule has 0 bridgehead atoms. The van der Waals surface area contributed by atoms with E-state index >= 15 is 0 Å². The van der Waals surface area contributed by atoms with E-state index in [2.05, 4.69) is 53.7 Å². The number of aromatic nitrogens is 2. The fraction of sp³-hybridized carbons (Fsp3) is 0.179. The zero-order valence-corrected chi connectivity index (χ0v) is 20.3. The van der Waals surface area contributed by atoms with Gasteiger partial charge in [-0.3, -0.25) is 4.79 Å².